The Labute approximate surface area is 299 Å². The van der Waals surface area contributed by atoms with Crippen LogP contribution < -0.4 is 206 Å². The first-order valence-electron chi connectivity index (χ1n) is 4.14. The van der Waals surface area contributed by atoms with E-state index in [1.807, 2.05) is 36.4 Å². The molecule has 0 bridgehead atoms. The molecule has 1 aromatic rings. The molecule has 0 aromatic heterocycles. The van der Waals surface area contributed by atoms with Crippen molar-refractivity contribution in [1.29, 1.82) is 0 Å². The zero-order chi connectivity index (χ0) is 13.5. The van der Waals surface area contributed by atoms with Gasteiger partial charge in [-0.3, -0.25) is 0 Å². The molecule has 0 amide bonds. The Hall–Kier alpha value is 5.77. The summed E-state index contributed by atoms with van der Waals surface area (Å²) in [5.74, 6) is 0. The number of hydrogen-bond donors (Lipinski definition) is 4. The van der Waals surface area contributed by atoms with E-state index in [-0.39, 0.29) is 211 Å². The van der Waals surface area contributed by atoms with Crippen LogP contribution in [0.1, 0.15) is 11.3 Å². The molecule has 21 heavy (non-hydrogen) atoms. The molecule has 1 aromatic carbocycles. The Balaban J connectivity index is -0.0000000222. The first-order chi connectivity index (χ1) is 7.64. The van der Waals surface area contributed by atoms with Gasteiger partial charge in [0.1, 0.15) is 0 Å². The van der Waals surface area contributed by atoms with Gasteiger partial charge in [0.25, 0.3) is 0 Å². The van der Waals surface area contributed by atoms with Crippen molar-refractivity contribution in [3.8, 4) is 0 Å². The molecule has 0 aliphatic rings. The second-order valence-electron chi connectivity index (χ2n) is 2.68. The van der Waals surface area contributed by atoms with Crippen LogP contribution in [0.2, 0.25) is 0 Å². The molecule has 0 heterocycles. The van der Waals surface area contributed by atoms with E-state index in [1.165, 1.54) is 5.56 Å². The summed E-state index contributed by atoms with van der Waals surface area (Å²) in [6, 6.07) is 10.0. The van der Waals surface area contributed by atoms with E-state index in [1.54, 1.807) is 0 Å². The van der Waals surface area contributed by atoms with Crippen LogP contribution in [0.4, 0.5) is 0 Å². The summed E-state index contributed by atoms with van der Waals surface area (Å²) in [5, 5.41) is 0. The topological polar surface area (TPSA) is 124 Å². The van der Waals surface area contributed by atoms with Crippen molar-refractivity contribution >= 4 is 21.7 Å². The maximum Gasteiger partial charge on any atom is 1.00 e. The summed E-state index contributed by atoms with van der Waals surface area (Å²) in [6.45, 7) is 3.63. The molecule has 4 N–H and O–H groups in total. The van der Waals surface area contributed by atoms with Gasteiger partial charge in [-0.15, -0.1) is 0 Å². The van der Waals surface area contributed by atoms with E-state index in [0.717, 1.165) is 0 Å². The standard InChI is InChI=1S/C8H8.4K.H4O7P2.4H/c1-2-8-6-4-3-5-7-8;;;;;1-8(2,3)7-9(4,5)6;;;;/h2-7H,1H2;;;;;(H2,1,2,3)(H2,4,5,6);;;;/q;4*+1;;4*-1. The average Bonchev–Trinajstić information content (AvgIpc) is 2.14. The summed E-state index contributed by atoms with van der Waals surface area (Å²) in [4.78, 5) is 31.0. The predicted octanol–water partition coefficient (Wildman–Crippen LogP) is -10.0. The van der Waals surface area contributed by atoms with E-state index >= 15 is 0 Å². The fourth-order valence-corrected chi connectivity index (χ4v) is 1.84. The second-order valence-corrected chi connectivity index (χ2v) is 5.29. The number of phosphoric acid groups is 2. The minimum Gasteiger partial charge on any atom is -1.00 e. The van der Waals surface area contributed by atoms with E-state index in [2.05, 4.69) is 10.9 Å². The van der Waals surface area contributed by atoms with Crippen LogP contribution in [0.5, 0.6) is 0 Å². The van der Waals surface area contributed by atoms with Crippen LogP contribution in [0.25, 0.3) is 6.08 Å². The molecule has 0 spiro atoms. The third kappa shape index (κ3) is 30.7. The molecule has 0 aliphatic carbocycles. The summed E-state index contributed by atoms with van der Waals surface area (Å²) < 4.78 is 22.2. The molecule has 0 atom stereocenters. The van der Waals surface area contributed by atoms with Gasteiger partial charge >= 0.3 is 221 Å². The molecule has 0 saturated heterocycles. The van der Waals surface area contributed by atoms with Gasteiger partial charge in [-0.1, -0.05) is 43.0 Å². The van der Waals surface area contributed by atoms with Gasteiger partial charge in [-0.05, 0) is 5.56 Å². The first kappa shape index (κ1) is 37.5. The van der Waals surface area contributed by atoms with Gasteiger partial charge in [0.05, 0.1) is 0 Å². The second kappa shape index (κ2) is 20.5. The Bertz CT molecular complexity index is 443. The zero-order valence-electron chi connectivity index (χ0n) is 16.6. The van der Waals surface area contributed by atoms with Crippen molar-refractivity contribution in [2.45, 2.75) is 0 Å². The molecule has 7 nitrogen and oxygen atoms in total. The van der Waals surface area contributed by atoms with Gasteiger partial charge in [0.15, 0.2) is 0 Å². The third-order valence-corrected chi connectivity index (χ3v) is 2.95. The molecule has 0 fully saturated rings. The normalized spacial score (nSPS) is 9.14. The third-order valence-electron chi connectivity index (χ3n) is 1.25. The smallest absolute Gasteiger partial charge is 1.00 e. The summed E-state index contributed by atoms with van der Waals surface area (Å²) in [7, 11) is -10.1. The Morgan fingerprint density at radius 1 is 0.905 bits per heavy atom. The molecule has 0 unspecified atom stereocenters. The molecule has 0 saturated carbocycles. The summed E-state index contributed by atoms with van der Waals surface area (Å²) >= 11 is 0. The number of hydrogen-bond acceptors (Lipinski definition) is 3. The van der Waals surface area contributed by atoms with E-state index in [4.69, 9.17) is 19.6 Å². The molecule has 0 radical (unpaired) electrons. The van der Waals surface area contributed by atoms with Crippen LogP contribution >= 0.6 is 15.6 Å². The maximum absolute atomic E-state index is 9.63. The van der Waals surface area contributed by atoms with Gasteiger partial charge in [-0.25, -0.2) is 9.13 Å². The minimum atomic E-state index is -5.05. The Kier molecular flexibility index (Phi) is 36.6. The van der Waals surface area contributed by atoms with Crippen LogP contribution in [-0.2, 0) is 13.4 Å². The van der Waals surface area contributed by atoms with Gasteiger partial charge < -0.3 is 25.3 Å². The monoisotopic (exact) mass is 442 g/mol. The first-order valence-corrected chi connectivity index (χ1v) is 7.20. The Morgan fingerprint density at radius 3 is 1.38 bits per heavy atom. The van der Waals surface area contributed by atoms with Crippen LogP contribution in [0.15, 0.2) is 36.9 Å². The van der Waals surface area contributed by atoms with Crippen LogP contribution in [0, 0.1) is 0 Å². The quantitative estimate of drug-likeness (QED) is 0.271. The molecular weight excluding hydrogens is 426 g/mol. The number of rotatable bonds is 3. The fraction of sp³-hybridized carbons (Fsp3) is 0. The molecule has 104 valence electrons. The van der Waals surface area contributed by atoms with Crippen molar-refractivity contribution in [1.82, 2.24) is 0 Å². The average molecular weight is 443 g/mol. The van der Waals surface area contributed by atoms with Crippen molar-refractivity contribution in [3.63, 3.8) is 0 Å². The van der Waals surface area contributed by atoms with E-state index in [9.17, 15) is 9.13 Å². The predicted molar refractivity (Wildman–Crippen MR) is 66.2 cm³/mol. The van der Waals surface area contributed by atoms with Gasteiger partial charge in [0.2, 0.25) is 0 Å². The van der Waals surface area contributed by atoms with Crippen molar-refractivity contribution < 1.29 is 244 Å². The van der Waals surface area contributed by atoms with E-state index in [0.29, 0.717) is 0 Å². The molecule has 13 heteroatoms. The minimum absolute atomic E-state index is 0. The van der Waals surface area contributed by atoms with Gasteiger partial charge in [-0.2, -0.15) is 4.31 Å². The summed E-state index contributed by atoms with van der Waals surface area (Å²) in [6.07, 6.45) is 1.83. The van der Waals surface area contributed by atoms with Crippen LogP contribution in [0.3, 0.4) is 0 Å². The van der Waals surface area contributed by atoms with Crippen molar-refractivity contribution in [2.24, 2.45) is 0 Å². The SMILES string of the molecule is C=Cc1ccccc1.O=P(O)(O)OP(=O)(O)O.[H-].[H-].[H-].[H-].[K+].[K+].[K+].[K+]. The van der Waals surface area contributed by atoms with Crippen molar-refractivity contribution in [2.75, 3.05) is 0 Å². The van der Waals surface area contributed by atoms with Gasteiger partial charge in [0, 0.05) is 0 Å². The fourth-order valence-electron chi connectivity index (χ4n) is 0.728. The molecular formula is C8H16K4O7P2. The van der Waals surface area contributed by atoms with E-state index < -0.39 is 15.6 Å². The summed E-state index contributed by atoms with van der Waals surface area (Å²) in [5.41, 5.74) is 1.17. The van der Waals surface area contributed by atoms with Crippen LogP contribution in [-0.4, -0.2) is 19.6 Å². The molecule has 0 aliphatic heterocycles. The molecule has 1 rings (SSSR count). The Morgan fingerprint density at radius 2 is 1.24 bits per heavy atom. The van der Waals surface area contributed by atoms with Crippen molar-refractivity contribution in [3.05, 3.63) is 42.5 Å². The zero-order valence-corrected chi connectivity index (χ0v) is 26.9. The number of benzene rings is 1. The maximum atomic E-state index is 9.63. The largest absolute Gasteiger partial charge is 1.00 e.